The molecule has 7 heteroatoms. The molecule has 1 amide bonds. The number of carbonyl (C=O) groups excluding carboxylic acids is 1. The highest BCUT2D eigenvalue weighted by Crippen LogP contribution is 2.18. The fraction of sp³-hybridized carbons (Fsp3) is 0.625. The maximum atomic E-state index is 12.4. The van der Waals surface area contributed by atoms with E-state index in [1.807, 2.05) is 19.1 Å². The van der Waals surface area contributed by atoms with Gasteiger partial charge in [0.15, 0.2) is 0 Å². The first-order valence-electron chi connectivity index (χ1n) is 8.15. The number of nitrogens with one attached hydrogen (secondary N) is 2. The van der Waals surface area contributed by atoms with Crippen LogP contribution < -0.4 is 15.5 Å². The van der Waals surface area contributed by atoms with Gasteiger partial charge < -0.3 is 25.0 Å². The second-order valence-electron chi connectivity index (χ2n) is 5.81. The zero-order valence-corrected chi connectivity index (χ0v) is 13.5. The third-order valence-corrected chi connectivity index (χ3v) is 4.23. The van der Waals surface area contributed by atoms with Crippen molar-refractivity contribution in [2.45, 2.75) is 25.6 Å². The van der Waals surface area contributed by atoms with Crippen molar-refractivity contribution in [1.29, 1.82) is 0 Å². The van der Waals surface area contributed by atoms with Crippen LogP contribution in [0.2, 0.25) is 0 Å². The fourth-order valence-electron chi connectivity index (χ4n) is 2.95. The number of pyridine rings is 1. The number of morpholine rings is 2. The molecule has 2 fully saturated rings. The van der Waals surface area contributed by atoms with E-state index in [0.717, 1.165) is 24.5 Å². The minimum absolute atomic E-state index is 0.0334. The third-order valence-electron chi connectivity index (χ3n) is 4.23. The van der Waals surface area contributed by atoms with Crippen molar-refractivity contribution < 1.29 is 14.3 Å². The van der Waals surface area contributed by atoms with Gasteiger partial charge in [-0.2, -0.15) is 0 Å². The first kappa shape index (κ1) is 16.2. The van der Waals surface area contributed by atoms with E-state index in [-0.39, 0.29) is 18.1 Å². The van der Waals surface area contributed by atoms with Gasteiger partial charge in [0.1, 0.15) is 11.9 Å². The molecule has 0 bridgehead atoms. The van der Waals surface area contributed by atoms with E-state index in [2.05, 4.69) is 20.5 Å². The molecule has 7 nitrogen and oxygen atoms in total. The fourth-order valence-corrected chi connectivity index (χ4v) is 2.95. The summed E-state index contributed by atoms with van der Waals surface area (Å²) in [5.74, 6) is 0.894. The van der Waals surface area contributed by atoms with E-state index < -0.39 is 0 Å². The van der Waals surface area contributed by atoms with E-state index >= 15 is 0 Å². The van der Waals surface area contributed by atoms with Crippen molar-refractivity contribution in [2.24, 2.45) is 0 Å². The molecule has 0 unspecified atom stereocenters. The Balaban J connectivity index is 1.62. The van der Waals surface area contributed by atoms with E-state index in [9.17, 15) is 4.79 Å². The van der Waals surface area contributed by atoms with Gasteiger partial charge in [-0.1, -0.05) is 6.07 Å². The number of hydrogen-bond acceptors (Lipinski definition) is 6. The second kappa shape index (κ2) is 7.72. The number of aromatic nitrogens is 1. The molecule has 0 radical (unpaired) electrons. The molecule has 23 heavy (non-hydrogen) atoms. The normalized spacial score (nSPS) is 25.2. The molecule has 0 spiro atoms. The molecule has 0 saturated carbocycles. The summed E-state index contributed by atoms with van der Waals surface area (Å²) in [6.45, 7) is 6.81. The van der Waals surface area contributed by atoms with E-state index in [0.29, 0.717) is 32.9 Å². The number of ether oxygens (including phenoxy) is 2. The molecule has 0 aromatic carbocycles. The average Bonchev–Trinajstić information content (AvgIpc) is 2.61. The van der Waals surface area contributed by atoms with Gasteiger partial charge in [-0.25, -0.2) is 4.98 Å². The van der Waals surface area contributed by atoms with Crippen LogP contribution in [0.1, 0.15) is 12.5 Å². The summed E-state index contributed by atoms with van der Waals surface area (Å²) >= 11 is 0. The lowest BCUT2D eigenvalue weighted by molar-refractivity contribution is -0.129. The number of anilines is 1. The molecular formula is C16H24N4O3. The van der Waals surface area contributed by atoms with Crippen LogP contribution >= 0.6 is 0 Å². The Kier molecular flexibility index (Phi) is 5.43. The van der Waals surface area contributed by atoms with Crippen molar-refractivity contribution in [1.82, 2.24) is 15.6 Å². The molecule has 126 valence electrons. The molecule has 3 heterocycles. The molecule has 1 aromatic rings. The molecule has 3 rings (SSSR count). The number of carbonyl (C=O) groups is 1. The molecule has 1 aromatic heterocycles. The number of hydrogen-bond donors (Lipinski definition) is 2. The highest BCUT2D eigenvalue weighted by atomic mass is 16.5. The third kappa shape index (κ3) is 3.99. The Morgan fingerprint density at radius 1 is 1.43 bits per heavy atom. The van der Waals surface area contributed by atoms with E-state index in [1.54, 1.807) is 6.20 Å². The molecule has 2 aliphatic rings. The highest BCUT2D eigenvalue weighted by molar-refractivity contribution is 5.82. The Labute approximate surface area is 136 Å². The first-order chi connectivity index (χ1) is 11.3. The summed E-state index contributed by atoms with van der Waals surface area (Å²) in [6, 6.07) is 3.61. The summed E-state index contributed by atoms with van der Waals surface area (Å²) in [5.41, 5.74) is 1.02. The largest absolute Gasteiger partial charge is 0.378 e. The predicted molar refractivity (Wildman–Crippen MR) is 86.3 cm³/mol. The van der Waals surface area contributed by atoms with Gasteiger partial charge in [0.2, 0.25) is 5.91 Å². The average molecular weight is 320 g/mol. The lowest BCUT2D eigenvalue weighted by Crippen LogP contribution is -2.55. The van der Waals surface area contributed by atoms with Crippen molar-refractivity contribution in [3.05, 3.63) is 23.9 Å². The summed E-state index contributed by atoms with van der Waals surface area (Å²) in [5, 5.41) is 6.20. The van der Waals surface area contributed by atoms with Crippen molar-refractivity contribution in [3.8, 4) is 0 Å². The van der Waals surface area contributed by atoms with Gasteiger partial charge in [-0.3, -0.25) is 4.79 Å². The summed E-state index contributed by atoms with van der Waals surface area (Å²) in [6.07, 6.45) is 1.67. The SMILES string of the molecule is C[C@H]1OCCN[C@@H]1C(=O)NCc1cccnc1N1CCOCC1. The van der Waals surface area contributed by atoms with Gasteiger partial charge in [0.25, 0.3) is 0 Å². The highest BCUT2D eigenvalue weighted by Gasteiger charge is 2.28. The van der Waals surface area contributed by atoms with Crippen molar-refractivity contribution in [3.63, 3.8) is 0 Å². The number of amides is 1. The van der Waals surface area contributed by atoms with Gasteiger partial charge >= 0.3 is 0 Å². The molecule has 2 saturated heterocycles. The Morgan fingerprint density at radius 2 is 2.26 bits per heavy atom. The maximum Gasteiger partial charge on any atom is 0.240 e. The lowest BCUT2D eigenvalue weighted by atomic mass is 10.1. The van der Waals surface area contributed by atoms with Gasteiger partial charge in [-0.15, -0.1) is 0 Å². The summed E-state index contributed by atoms with van der Waals surface area (Å²) < 4.78 is 10.9. The van der Waals surface area contributed by atoms with Crippen molar-refractivity contribution >= 4 is 11.7 Å². The summed E-state index contributed by atoms with van der Waals surface area (Å²) in [4.78, 5) is 19.1. The van der Waals surface area contributed by atoms with Crippen molar-refractivity contribution in [2.75, 3.05) is 44.4 Å². The molecule has 0 aliphatic carbocycles. The topological polar surface area (TPSA) is 75.7 Å². The van der Waals surface area contributed by atoms with Crippen LogP contribution in [0.4, 0.5) is 5.82 Å². The maximum absolute atomic E-state index is 12.4. The molecule has 2 atom stereocenters. The van der Waals surface area contributed by atoms with E-state index in [1.165, 1.54) is 0 Å². The van der Waals surface area contributed by atoms with E-state index in [4.69, 9.17) is 9.47 Å². The lowest BCUT2D eigenvalue weighted by Gasteiger charge is -2.30. The predicted octanol–water partition coefficient (Wildman–Crippen LogP) is -0.0887. The van der Waals surface area contributed by atoms with Crippen LogP contribution in [-0.2, 0) is 20.8 Å². The van der Waals surface area contributed by atoms with Crippen LogP contribution in [0.15, 0.2) is 18.3 Å². The first-order valence-corrected chi connectivity index (χ1v) is 8.15. The Bertz CT molecular complexity index is 534. The van der Waals surface area contributed by atoms with Crippen LogP contribution in [0.25, 0.3) is 0 Å². The van der Waals surface area contributed by atoms with Crippen LogP contribution in [0, 0.1) is 0 Å². The summed E-state index contributed by atoms with van der Waals surface area (Å²) in [7, 11) is 0. The Morgan fingerprint density at radius 3 is 3.04 bits per heavy atom. The smallest absolute Gasteiger partial charge is 0.240 e. The minimum Gasteiger partial charge on any atom is -0.378 e. The zero-order valence-electron chi connectivity index (χ0n) is 13.5. The van der Waals surface area contributed by atoms with Crippen LogP contribution in [0.3, 0.4) is 0 Å². The second-order valence-corrected chi connectivity index (χ2v) is 5.81. The molecule has 2 aliphatic heterocycles. The van der Waals surface area contributed by atoms with Gasteiger partial charge in [0.05, 0.1) is 25.9 Å². The molecule has 2 N–H and O–H groups in total. The minimum atomic E-state index is -0.299. The van der Waals surface area contributed by atoms with Crippen LogP contribution in [0.5, 0.6) is 0 Å². The monoisotopic (exact) mass is 320 g/mol. The van der Waals surface area contributed by atoms with Gasteiger partial charge in [-0.05, 0) is 13.0 Å². The Hall–Kier alpha value is -1.70. The number of rotatable bonds is 4. The zero-order chi connectivity index (χ0) is 16.1. The number of nitrogens with zero attached hydrogens (tertiary/aromatic N) is 2. The standard InChI is InChI=1S/C16H24N4O3/c1-12-14(17-5-8-23-12)16(21)19-11-13-3-2-4-18-15(13)20-6-9-22-10-7-20/h2-4,12,14,17H,5-11H2,1H3,(H,19,21)/t12-,14+/m1/s1. The molecular weight excluding hydrogens is 296 g/mol. The quantitative estimate of drug-likeness (QED) is 0.808. The van der Waals surface area contributed by atoms with Crippen LogP contribution in [-0.4, -0.2) is 62.5 Å². The van der Waals surface area contributed by atoms with Gasteiger partial charge in [0, 0.05) is 37.9 Å².